The topological polar surface area (TPSA) is 72.3 Å². The van der Waals surface area contributed by atoms with Crippen LogP contribution in [-0.2, 0) is 11.3 Å². The first-order valence-electron chi connectivity index (χ1n) is 5.26. The number of nitrogens with zero attached hydrogens (tertiary/aromatic N) is 3. The van der Waals surface area contributed by atoms with Gasteiger partial charge in [-0.2, -0.15) is 4.98 Å². The van der Waals surface area contributed by atoms with E-state index in [1.165, 1.54) is 6.07 Å². The van der Waals surface area contributed by atoms with Gasteiger partial charge in [0.2, 0.25) is 5.78 Å². The van der Waals surface area contributed by atoms with E-state index in [1.54, 1.807) is 11.6 Å². The van der Waals surface area contributed by atoms with Gasteiger partial charge >= 0.3 is 0 Å². The Morgan fingerprint density at radius 2 is 2.44 bits per heavy atom. The molecule has 2 heterocycles. The van der Waals surface area contributed by atoms with E-state index in [2.05, 4.69) is 15.1 Å². The zero-order chi connectivity index (χ0) is 11.1. The van der Waals surface area contributed by atoms with E-state index in [-0.39, 0.29) is 5.56 Å². The Labute approximate surface area is 91.3 Å². The Bertz CT molecular complexity index is 582. The summed E-state index contributed by atoms with van der Waals surface area (Å²) in [6, 6.07) is 1.49. The highest BCUT2D eigenvalue weighted by molar-refractivity contribution is 5.30. The molecule has 0 bridgehead atoms. The zero-order valence-electron chi connectivity index (χ0n) is 8.93. The van der Waals surface area contributed by atoms with Gasteiger partial charge in [0.15, 0.2) is 5.82 Å². The van der Waals surface area contributed by atoms with Gasteiger partial charge in [-0.3, -0.25) is 9.78 Å². The molecule has 1 aliphatic carbocycles. The molecule has 0 spiro atoms. The van der Waals surface area contributed by atoms with Crippen molar-refractivity contribution in [2.75, 3.05) is 7.11 Å². The highest BCUT2D eigenvalue weighted by Gasteiger charge is 2.28. The molecule has 3 rings (SSSR count). The molecule has 1 N–H and O–H groups in total. The highest BCUT2D eigenvalue weighted by Crippen LogP contribution is 2.37. The van der Waals surface area contributed by atoms with E-state index >= 15 is 0 Å². The molecule has 0 saturated heterocycles. The molecule has 0 radical (unpaired) electrons. The summed E-state index contributed by atoms with van der Waals surface area (Å²) >= 11 is 0. The fraction of sp³-hybridized carbons (Fsp3) is 0.500. The highest BCUT2D eigenvalue weighted by atomic mass is 16.5. The predicted molar refractivity (Wildman–Crippen MR) is 56.3 cm³/mol. The van der Waals surface area contributed by atoms with Crippen LogP contribution in [0.25, 0.3) is 5.78 Å². The Kier molecular flexibility index (Phi) is 2.03. The van der Waals surface area contributed by atoms with E-state index in [4.69, 9.17) is 4.74 Å². The quantitative estimate of drug-likeness (QED) is 0.814. The predicted octanol–water partition coefficient (Wildman–Crippen LogP) is 0.441. The van der Waals surface area contributed by atoms with Crippen LogP contribution in [0.3, 0.4) is 0 Å². The van der Waals surface area contributed by atoms with E-state index in [1.807, 2.05) is 0 Å². The van der Waals surface area contributed by atoms with Gasteiger partial charge in [-0.1, -0.05) is 0 Å². The molecular formula is C10H12N4O2. The lowest BCUT2D eigenvalue weighted by molar-refractivity contribution is 0.179. The van der Waals surface area contributed by atoms with Gasteiger partial charge in [0.05, 0.1) is 12.3 Å². The van der Waals surface area contributed by atoms with Gasteiger partial charge in [-0.05, 0) is 12.8 Å². The zero-order valence-corrected chi connectivity index (χ0v) is 8.93. The summed E-state index contributed by atoms with van der Waals surface area (Å²) in [5.74, 6) is 1.79. The van der Waals surface area contributed by atoms with Crippen LogP contribution in [0.2, 0.25) is 0 Å². The fourth-order valence-corrected chi connectivity index (χ4v) is 1.73. The third kappa shape index (κ3) is 1.51. The van der Waals surface area contributed by atoms with Crippen LogP contribution in [0.4, 0.5) is 0 Å². The SMILES string of the molecule is COCc1cc(=O)[nH]c2nc(C3CC3)nn12. The van der Waals surface area contributed by atoms with Crippen molar-refractivity contribution in [2.45, 2.75) is 25.4 Å². The van der Waals surface area contributed by atoms with Crippen LogP contribution in [0, 0.1) is 0 Å². The van der Waals surface area contributed by atoms with Gasteiger partial charge in [-0.25, -0.2) is 4.52 Å². The Balaban J connectivity index is 2.19. The second-order valence-corrected chi connectivity index (χ2v) is 4.04. The van der Waals surface area contributed by atoms with Gasteiger partial charge in [0.1, 0.15) is 0 Å². The van der Waals surface area contributed by atoms with Crippen molar-refractivity contribution in [1.29, 1.82) is 0 Å². The third-order valence-corrected chi connectivity index (χ3v) is 2.66. The standard InChI is InChI=1S/C10H12N4O2/c1-16-5-7-4-8(15)11-10-12-9(6-2-3-6)13-14(7)10/h4,6H,2-3,5H2,1H3,(H,11,12,13,15). The molecule has 0 amide bonds. The minimum Gasteiger partial charge on any atom is -0.378 e. The molecule has 6 heteroatoms. The number of H-pyrrole nitrogens is 1. The van der Waals surface area contributed by atoms with Crippen LogP contribution in [0.5, 0.6) is 0 Å². The smallest absolute Gasteiger partial charge is 0.252 e. The first-order valence-corrected chi connectivity index (χ1v) is 5.26. The van der Waals surface area contributed by atoms with Crippen LogP contribution in [0.15, 0.2) is 10.9 Å². The largest absolute Gasteiger partial charge is 0.378 e. The van der Waals surface area contributed by atoms with Crippen molar-refractivity contribution in [3.8, 4) is 0 Å². The number of ether oxygens (including phenoxy) is 1. The van der Waals surface area contributed by atoms with Crippen molar-refractivity contribution in [2.24, 2.45) is 0 Å². The molecule has 1 fully saturated rings. The number of methoxy groups -OCH3 is 1. The second-order valence-electron chi connectivity index (χ2n) is 4.04. The summed E-state index contributed by atoms with van der Waals surface area (Å²) in [6.07, 6.45) is 2.28. The summed E-state index contributed by atoms with van der Waals surface area (Å²) in [5, 5.41) is 4.39. The van der Waals surface area contributed by atoms with E-state index < -0.39 is 0 Å². The van der Waals surface area contributed by atoms with Crippen LogP contribution in [-0.4, -0.2) is 26.7 Å². The van der Waals surface area contributed by atoms with Crippen LogP contribution in [0.1, 0.15) is 30.3 Å². The van der Waals surface area contributed by atoms with Gasteiger partial charge in [0, 0.05) is 19.1 Å². The van der Waals surface area contributed by atoms with Crippen molar-refractivity contribution >= 4 is 5.78 Å². The van der Waals surface area contributed by atoms with Crippen molar-refractivity contribution < 1.29 is 4.74 Å². The summed E-state index contributed by atoms with van der Waals surface area (Å²) in [7, 11) is 1.59. The molecule has 1 saturated carbocycles. The van der Waals surface area contributed by atoms with E-state index in [0.29, 0.717) is 18.3 Å². The number of aromatic amines is 1. The van der Waals surface area contributed by atoms with Crippen LogP contribution >= 0.6 is 0 Å². The number of hydrogen-bond acceptors (Lipinski definition) is 4. The summed E-state index contributed by atoms with van der Waals surface area (Å²) in [5.41, 5.74) is 0.551. The molecule has 0 unspecified atom stereocenters. The van der Waals surface area contributed by atoms with Crippen molar-refractivity contribution in [1.82, 2.24) is 19.6 Å². The van der Waals surface area contributed by atoms with Gasteiger partial charge < -0.3 is 4.74 Å². The molecule has 0 aliphatic heterocycles. The monoisotopic (exact) mass is 220 g/mol. The molecule has 2 aromatic rings. The molecule has 6 nitrogen and oxygen atoms in total. The average Bonchev–Trinajstić information content (AvgIpc) is 3.00. The normalized spacial score (nSPS) is 15.8. The lowest BCUT2D eigenvalue weighted by Crippen LogP contribution is -2.12. The lowest BCUT2D eigenvalue weighted by Gasteiger charge is -2.00. The Morgan fingerprint density at radius 3 is 3.12 bits per heavy atom. The van der Waals surface area contributed by atoms with E-state index in [0.717, 1.165) is 24.4 Å². The Morgan fingerprint density at radius 1 is 1.62 bits per heavy atom. The molecule has 0 aromatic carbocycles. The first-order chi connectivity index (χ1) is 7.78. The number of nitrogens with one attached hydrogen (secondary N) is 1. The third-order valence-electron chi connectivity index (χ3n) is 2.66. The molecule has 0 atom stereocenters. The average molecular weight is 220 g/mol. The van der Waals surface area contributed by atoms with Crippen LogP contribution < -0.4 is 5.56 Å². The maximum atomic E-state index is 11.4. The molecule has 1 aliphatic rings. The van der Waals surface area contributed by atoms with Crippen molar-refractivity contribution in [3.63, 3.8) is 0 Å². The van der Waals surface area contributed by atoms with Crippen molar-refractivity contribution in [3.05, 3.63) is 27.9 Å². The summed E-state index contributed by atoms with van der Waals surface area (Å²) in [4.78, 5) is 18.4. The lowest BCUT2D eigenvalue weighted by atomic mass is 10.4. The van der Waals surface area contributed by atoms with E-state index in [9.17, 15) is 4.79 Å². The van der Waals surface area contributed by atoms with Gasteiger partial charge in [0.25, 0.3) is 5.56 Å². The number of aromatic nitrogens is 4. The maximum absolute atomic E-state index is 11.4. The second kappa shape index (κ2) is 3.41. The maximum Gasteiger partial charge on any atom is 0.252 e. The number of rotatable bonds is 3. The fourth-order valence-electron chi connectivity index (χ4n) is 1.73. The molecule has 2 aromatic heterocycles. The molecule has 84 valence electrons. The minimum absolute atomic E-state index is 0.172. The minimum atomic E-state index is -0.172. The number of hydrogen-bond donors (Lipinski definition) is 1. The molecule has 16 heavy (non-hydrogen) atoms. The van der Waals surface area contributed by atoms with Gasteiger partial charge in [-0.15, -0.1) is 5.10 Å². The summed E-state index contributed by atoms with van der Waals surface area (Å²) < 4.78 is 6.69. The molecular weight excluding hydrogens is 208 g/mol. The summed E-state index contributed by atoms with van der Waals surface area (Å²) in [6.45, 7) is 0.355. The number of fused-ring (bicyclic) bond motifs is 1. The Hall–Kier alpha value is -1.69. The first kappa shape index (κ1) is 9.53.